The Balaban J connectivity index is 2.49. The van der Waals surface area contributed by atoms with E-state index < -0.39 is 18.1 Å². The van der Waals surface area contributed by atoms with Crippen molar-refractivity contribution in [2.75, 3.05) is 7.11 Å². The highest BCUT2D eigenvalue weighted by atomic mass is 16.5. The summed E-state index contributed by atoms with van der Waals surface area (Å²) in [5.41, 5.74) is 0. The van der Waals surface area contributed by atoms with Crippen LogP contribution >= 0.6 is 0 Å². The number of carbonyl (C=O) groups excluding carboxylic acids is 2. The topological polar surface area (TPSA) is 64.6 Å². The summed E-state index contributed by atoms with van der Waals surface area (Å²) < 4.78 is 10.0. The van der Waals surface area contributed by atoms with E-state index in [-0.39, 0.29) is 17.9 Å². The molecule has 0 bridgehead atoms. The summed E-state index contributed by atoms with van der Waals surface area (Å²) >= 11 is 0. The van der Waals surface area contributed by atoms with Crippen molar-refractivity contribution in [1.29, 1.82) is 0 Å². The van der Waals surface area contributed by atoms with Gasteiger partial charge < -0.3 is 14.8 Å². The number of hydrogen-bond acceptors (Lipinski definition) is 4. The number of nitrogens with one attached hydrogen (secondary N) is 1. The van der Waals surface area contributed by atoms with E-state index in [0.29, 0.717) is 0 Å². The third-order valence-corrected chi connectivity index (χ3v) is 2.77. The van der Waals surface area contributed by atoms with E-state index in [9.17, 15) is 9.59 Å². The quantitative estimate of drug-likeness (QED) is 0.715. The molecule has 1 aliphatic rings. The molecule has 4 atom stereocenters. The first-order valence-corrected chi connectivity index (χ1v) is 5.49. The second-order valence-corrected chi connectivity index (χ2v) is 4.33. The molecular formula is C11H19NO4. The first-order valence-electron chi connectivity index (χ1n) is 5.49. The zero-order chi connectivity index (χ0) is 12.3. The highest BCUT2D eigenvalue weighted by Crippen LogP contribution is 2.25. The lowest BCUT2D eigenvalue weighted by atomic mass is 10.0. The molecule has 1 fully saturated rings. The van der Waals surface area contributed by atoms with E-state index in [1.54, 1.807) is 6.92 Å². The predicted octanol–water partition coefficient (Wildman–Crippen LogP) is 0.478. The molecule has 0 aromatic rings. The van der Waals surface area contributed by atoms with Crippen molar-refractivity contribution < 1.29 is 19.1 Å². The van der Waals surface area contributed by atoms with Crippen molar-refractivity contribution in [1.82, 2.24) is 5.32 Å². The first-order chi connectivity index (χ1) is 7.45. The van der Waals surface area contributed by atoms with Gasteiger partial charge in [0.1, 0.15) is 12.1 Å². The maximum atomic E-state index is 11.8. The first kappa shape index (κ1) is 13.0. The van der Waals surface area contributed by atoms with Gasteiger partial charge in [-0.05, 0) is 26.2 Å². The molecule has 1 heterocycles. The normalized spacial score (nSPS) is 30.9. The Kier molecular flexibility index (Phi) is 4.29. The summed E-state index contributed by atoms with van der Waals surface area (Å²) in [7, 11) is 1.29. The van der Waals surface area contributed by atoms with Crippen LogP contribution in [0.15, 0.2) is 0 Å². The molecule has 1 aliphatic heterocycles. The van der Waals surface area contributed by atoms with Gasteiger partial charge in [0, 0.05) is 0 Å². The van der Waals surface area contributed by atoms with Crippen LogP contribution in [0.3, 0.4) is 0 Å². The summed E-state index contributed by atoms with van der Waals surface area (Å²) in [5.74, 6) is -0.512. The fourth-order valence-electron chi connectivity index (χ4n) is 1.94. The van der Waals surface area contributed by atoms with E-state index in [4.69, 9.17) is 4.74 Å². The minimum atomic E-state index is -0.635. The second kappa shape index (κ2) is 5.30. The number of ether oxygens (including phenoxy) is 2. The number of hydrogen-bond donors (Lipinski definition) is 1. The molecule has 1 rings (SSSR count). The van der Waals surface area contributed by atoms with Crippen molar-refractivity contribution in [2.24, 2.45) is 5.92 Å². The average Bonchev–Trinajstić information content (AvgIpc) is 2.56. The molecule has 92 valence electrons. The third kappa shape index (κ3) is 2.95. The lowest BCUT2D eigenvalue weighted by molar-refractivity contribution is -0.146. The predicted molar refractivity (Wildman–Crippen MR) is 57.7 cm³/mol. The van der Waals surface area contributed by atoms with Gasteiger partial charge >= 0.3 is 5.97 Å². The summed E-state index contributed by atoms with van der Waals surface area (Å²) in [6.45, 7) is 5.50. The molecule has 1 N–H and O–H groups in total. The van der Waals surface area contributed by atoms with Gasteiger partial charge in [0.05, 0.1) is 13.2 Å². The summed E-state index contributed by atoms with van der Waals surface area (Å²) in [6.07, 6.45) is 0.506. The van der Waals surface area contributed by atoms with Gasteiger partial charge in [-0.1, -0.05) is 6.92 Å². The van der Waals surface area contributed by atoms with Crippen LogP contribution in [0.1, 0.15) is 27.2 Å². The summed E-state index contributed by atoms with van der Waals surface area (Å²) in [4.78, 5) is 22.9. The van der Waals surface area contributed by atoms with Crippen molar-refractivity contribution >= 4 is 11.9 Å². The van der Waals surface area contributed by atoms with Crippen molar-refractivity contribution in [3.63, 3.8) is 0 Å². The van der Waals surface area contributed by atoms with Gasteiger partial charge in [-0.25, -0.2) is 4.79 Å². The SMILES string of the molecule is COC(=O)[C@@H](C)NC(=O)C1OC(C)CC1C. The Bertz CT molecular complexity index is 279. The Hall–Kier alpha value is -1.10. The van der Waals surface area contributed by atoms with Gasteiger partial charge in [0.15, 0.2) is 0 Å². The van der Waals surface area contributed by atoms with Crippen LogP contribution in [0.2, 0.25) is 0 Å². The van der Waals surface area contributed by atoms with Crippen LogP contribution in [0.25, 0.3) is 0 Å². The zero-order valence-corrected chi connectivity index (χ0v) is 10.1. The Labute approximate surface area is 95.5 Å². The number of methoxy groups -OCH3 is 1. The highest BCUT2D eigenvalue weighted by Gasteiger charge is 2.35. The molecule has 1 amide bonds. The largest absolute Gasteiger partial charge is 0.467 e. The van der Waals surface area contributed by atoms with Gasteiger partial charge in [0.2, 0.25) is 5.91 Å². The lowest BCUT2D eigenvalue weighted by Crippen LogP contribution is -2.45. The molecule has 16 heavy (non-hydrogen) atoms. The summed E-state index contributed by atoms with van der Waals surface area (Å²) in [6, 6.07) is -0.635. The fraction of sp³-hybridized carbons (Fsp3) is 0.818. The minimum absolute atomic E-state index is 0.0965. The second-order valence-electron chi connectivity index (χ2n) is 4.33. The van der Waals surface area contributed by atoms with E-state index in [2.05, 4.69) is 10.1 Å². The molecule has 5 nitrogen and oxygen atoms in total. The van der Waals surface area contributed by atoms with E-state index in [1.165, 1.54) is 7.11 Å². The zero-order valence-electron chi connectivity index (χ0n) is 10.1. The number of esters is 1. The smallest absolute Gasteiger partial charge is 0.328 e. The van der Waals surface area contributed by atoms with Crippen LogP contribution in [0, 0.1) is 5.92 Å². The summed E-state index contributed by atoms with van der Waals surface area (Å²) in [5, 5.41) is 2.58. The van der Waals surface area contributed by atoms with Crippen molar-refractivity contribution in [3.05, 3.63) is 0 Å². The maximum Gasteiger partial charge on any atom is 0.328 e. The van der Waals surface area contributed by atoms with Crippen molar-refractivity contribution in [2.45, 2.75) is 45.4 Å². The van der Waals surface area contributed by atoms with Crippen LogP contribution in [0.4, 0.5) is 0 Å². The molecule has 3 unspecified atom stereocenters. The Morgan fingerprint density at radius 3 is 2.50 bits per heavy atom. The molecule has 0 aromatic heterocycles. The Morgan fingerprint density at radius 1 is 1.44 bits per heavy atom. The third-order valence-electron chi connectivity index (χ3n) is 2.77. The average molecular weight is 229 g/mol. The van der Waals surface area contributed by atoms with Gasteiger partial charge in [-0.3, -0.25) is 4.79 Å². The Morgan fingerprint density at radius 2 is 2.06 bits per heavy atom. The molecule has 0 aromatic carbocycles. The number of amides is 1. The molecular weight excluding hydrogens is 210 g/mol. The van der Waals surface area contributed by atoms with Crippen LogP contribution in [-0.2, 0) is 19.1 Å². The maximum absolute atomic E-state index is 11.8. The molecule has 1 saturated heterocycles. The molecule has 0 radical (unpaired) electrons. The van der Waals surface area contributed by atoms with E-state index >= 15 is 0 Å². The van der Waals surface area contributed by atoms with E-state index in [1.807, 2.05) is 13.8 Å². The van der Waals surface area contributed by atoms with Crippen molar-refractivity contribution in [3.8, 4) is 0 Å². The molecule has 0 aliphatic carbocycles. The fourth-order valence-corrected chi connectivity index (χ4v) is 1.94. The van der Waals surface area contributed by atoms with Crippen LogP contribution < -0.4 is 5.32 Å². The van der Waals surface area contributed by atoms with Gasteiger partial charge in [0.25, 0.3) is 0 Å². The van der Waals surface area contributed by atoms with Crippen LogP contribution in [-0.4, -0.2) is 37.2 Å². The molecule has 0 saturated carbocycles. The van der Waals surface area contributed by atoms with Gasteiger partial charge in [-0.15, -0.1) is 0 Å². The van der Waals surface area contributed by atoms with Crippen LogP contribution in [0.5, 0.6) is 0 Å². The molecule has 0 spiro atoms. The standard InChI is InChI=1S/C11H19NO4/c1-6-5-7(2)16-9(6)10(13)12-8(3)11(14)15-4/h6-9H,5H2,1-4H3,(H,12,13)/t6?,7?,8-,9?/m1/s1. The number of rotatable bonds is 3. The van der Waals surface area contributed by atoms with E-state index in [0.717, 1.165) is 6.42 Å². The van der Waals surface area contributed by atoms with Gasteiger partial charge in [-0.2, -0.15) is 0 Å². The molecule has 5 heteroatoms. The minimum Gasteiger partial charge on any atom is -0.467 e. The highest BCUT2D eigenvalue weighted by molar-refractivity contribution is 5.87. The monoisotopic (exact) mass is 229 g/mol. The number of carbonyl (C=O) groups is 2. The lowest BCUT2D eigenvalue weighted by Gasteiger charge is -2.17.